The van der Waals surface area contributed by atoms with Gasteiger partial charge >= 0.3 is 0 Å². The topological polar surface area (TPSA) is 75.2 Å². The van der Waals surface area contributed by atoms with E-state index in [1.807, 2.05) is 18.2 Å². The van der Waals surface area contributed by atoms with Crippen molar-refractivity contribution in [1.82, 2.24) is 19.8 Å². The molecule has 1 heterocycles. The predicted molar refractivity (Wildman–Crippen MR) is 101 cm³/mol. The molecule has 0 bridgehead atoms. The van der Waals surface area contributed by atoms with Crippen LogP contribution in [0.4, 0.5) is 0 Å². The molecule has 138 valence electrons. The molecule has 0 unspecified atom stereocenters. The predicted octanol–water partition coefficient (Wildman–Crippen LogP) is 3.28. The number of benzene rings is 1. The minimum absolute atomic E-state index is 0.0297. The number of nitrogens with one attached hydrogen (secondary N) is 1. The zero-order valence-corrected chi connectivity index (χ0v) is 15.9. The fourth-order valence-electron chi connectivity index (χ4n) is 3.15. The van der Waals surface area contributed by atoms with E-state index in [0.29, 0.717) is 5.02 Å². The van der Waals surface area contributed by atoms with Crippen LogP contribution in [0, 0.1) is 0 Å². The van der Waals surface area contributed by atoms with Crippen molar-refractivity contribution in [2.45, 2.75) is 44.7 Å². The molecule has 0 atom stereocenters. The average molecular weight is 393 g/mol. The monoisotopic (exact) mass is 392 g/mol. The van der Waals surface area contributed by atoms with E-state index in [-0.39, 0.29) is 36.6 Å². The second-order valence-electron chi connectivity index (χ2n) is 6.45. The van der Waals surface area contributed by atoms with E-state index in [0.717, 1.165) is 42.8 Å². The summed E-state index contributed by atoms with van der Waals surface area (Å²) in [4.78, 5) is 26.7. The van der Waals surface area contributed by atoms with E-state index in [4.69, 9.17) is 11.6 Å². The van der Waals surface area contributed by atoms with Crippen molar-refractivity contribution in [3.8, 4) is 0 Å². The first-order valence-corrected chi connectivity index (χ1v) is 9.94. The molecule has 1 N–H and O–H groups in total. The first-order chi connectivity index (χ1) is 12.6. The van der Waals surface area contributed by atoms with Crippen LogP contribution in [0.15, 0.2) is 29.6 Å². The molecule has 0 saturated heterocycles. The summed E-state index contributed by atoms with van der Waals surface area (Å²) in [6.45, 7) is 0.214. The van der Waals surface area contributed by atoms with Gasteiger partial charge in [0.1, 0.15) is 6.54 Å². The number of aromatic nitrogens is 2. The number of carbonyl (C=O) groups excluding carboxylic acids is 2. The third-order valence-corrected chi connectivity index (χ3v) is 5.36. The van der Waals surface area contributed by atoms with E-state index in [1.165, 1.54) is 11.3 Å². The molecule has 1 aliphatic carbocycles. The van der Waals surface area contributed by atoms with Crippen LogP contribution < -0.4 is 5.32 Å². The molecular weight excluding hydrogens is 372 g/mol. The largest absolute Gasteiger partial charge is 0.352 e. The Morgan fingerprint density at radius 3 is 2.69 bits per heavy atom. The summed E-state index contributed by atoms with van der Waals surface area (Å²) in [5.74, 6) is -0.474. The molecule has 6 nitrogen and oxygen atoms in total. The van der Waals surface area contributed by atoms with Crippen LogP contribution in [0.1, 0.15) is 48.2 Å². The van der Waals surface area contributed by atoms with Gasteiger partial charge in [-0.15, -0.1) is 5.10 Å². The van der Waals surface area contributed by atoms with Gasteiger partial charge < -0.3 is 10.2 Å². The average Bonchev–Trinajstić information content (AvgIpc) is 3.18. The van der Waals surface area contributed by atoms with Gasteiger partial charge in [0.25, 0.3) is 5.91 Å². The number of hydrogen-bond donors (Lipinski definition) is 1. The maximum atomic E-state index is 12.8. The highest BCUT2D eigenvalue weighted by Gasteiger charge is 2.23. The summed E-state index contributed by atoms with van der Waals surface area (Å²) in [5, 5.41) is 9.04. The van der Waals surface area contributed by atoms with Gasteiger partial charge in [0, 0.05) is 23.0 Å². The molecule has 1 fully saturated rings. The van der Waals surface area contributed by atoms with Crippen molar-refractivity contribution >= 4 is 34.9 Å². The fraction of sp³-hybridized carbons (Fsp3) is 0.444. The highest BCUT2D eigenvalue weighted by Crippen LogP contribution is 2.19. The standard InChI is InChI=1S/C18H21ClN4O2S/c19-15-9-5-4-6-13(15)10-23(18(25)16-12-26-22-21-16)11-17(24)20-14-7-2-1-3-8-14/h4-6,9,12,14H,1-3,7-8,10-11H2,(H,20,24). The van der Waals surface area contributed by atoms with Gasteiger partial charge in [-0.25, -0.2) is 0 Å². The summed E-state index contributed by atoms with van der Waals surface area (Å²) >= 11 is 7.33. The van der Waals surface area contributed by atoms with Crippen LogP contribution >= 0.6 is 23.1 Å². The van der Waals surface area contributed by atoms with Crippen molar-refractivity contribution < 1.29 is 9.59 Å². The molecule has 26 heavy (non-hydrogen) atoms. The van der Waals surface area contributed by atoms with Crippen LogP contribution in [0.3, 0.4) is 0 Å². The van der Waals surface area contributed by atoms with E-state index >= 15 is 0 Å². The molecule has 3 rings (SSSR count). The zero-order chi connectivity index (χ0) is 18.4. The smallest absolute Gasteiger partial charge is 0.276 e. The van der Waals surface area contributed by atoms with Gasteiger partial charge in [-0.3, -0.25) is 9.59 Å². The molecule has 8 heteroatoms. The molecular formula is C18H21ClN4O2S. The molecule has 1 saturated carbocycles. The summed E-state index contributed by atoms with van der Waals surface area (Å²) in [5.41, 5.74) is 1.03. The number of halogens is 1. The minimum atomic E-state index is -0.322. The van der Waals surface area contributed by atoms with Crippen molar-refractivity contribution in [3.05, 3.63) is 45.9 Å². The Hall–Kier alpha value is -1.99. The van der Waals surface area contributed by atoms with Gasteiger partial charge in [-0.1, -0.05) is 53.6 Å². The van der Waals surface area contributed by atoms with Crippen molar-refractivity contribution in [1.29, 1.82) is 0 Å². The minimum Gasteiger partial charge on any atom is -0.352 e. The van der Waals surface area contributed by atoms with Crippen LogP contribution in [-0.2, 0) is 11.3 Å². The summed E-state index contributed by atoms with van der Waals surface area (Å²) in [6, 6.07) is 7.51. The summed E-state index contributed by atoms with van der Waals surface area (Å²) < 4.78 is 3.74. The number of nitrogens with zero attached hydrogens (tertiary/aromatic N) is 3. The van der Waals surface area contributed by atoms with E-state index in [9.17, 15) is 9.59 Å². The van der Waals surface area contributed by atoms with Crippen LogP contribution in [-0.4, -0.2) is 38.9 Å². The molecule has 0 aliphatic heterocycles. The van der Waals surface area contributed by atoms with Gasteiger partial charge in [-0.2, -0.15) is 0 Å². The zero-order valence-electron chi connectivity index (χ0n) is 14.4. The first-order valence-electron chi connectivity index (χ1n) is 8.72. The van der Waals surface area contributed by atoms with Gasteiger partial charge in [0.15, 0.2) is 5.69 Å². The number of amides is 2. The van der Waals surface area contributed by atoms with Crippen LogP contribution in [0.25, 0.3) is 0 Å². The Morgan fingerprint density at radius 2 is 2.00 bits per heavy atom. The SMILES string of the molecule is O=C(CN(Cc1ccccc1Cl)C(=O)c1csnn1)NC1CCCCC1. The van der Waals surface area contributed by atoms with Crippen LogP contribution in [0.2, 0.25) is 5.02 Å². The van der Waals surface area contributed by atoms with Crippen molar-refractivity contribution in [2.75, 3.05) is 6.54 Å². The lowest BCUT2D eigenvalue weighted by atomic mass is 9.95. The summed E-state index contributed by atoms with van der Waals surface area (Å²) in [6.07, 6.45) is 5.50. The highest BCUT2D eigenvalue weighted by atomic mass is 35.5. The quantitative estimate of drug-likeness (QED) is 0.818. The van der Waals surface area contributed by atoms with Gasteiger partial charge in [0.05, 0.1) is 0 Å². The van der Waals surface area contributed by atoms with Gasteiger partial charge in [0.2, 0.25) is 5.91 Å². The second kappa shape index (κ2) is 9.09. The third-order valence-electron chi connectivity index (χ3n) is 4.49. The third kappa shape index (κ3) is 5.02. The normalized spacial score (nSPS) is 14.8. The number of hydrogen-bond acceptors (Lipinski definition) is 5. The number of carbonyl (C=O) groups is 2. The highest BCUT2D eigenvalue weighted by molar-refractivity contribution is 7.03. The molecule has 1 aromatic carbocycles. The van der Waals surface area contributed by atoms with Crippen molar-refractivity contribution in [2.24, 2.45) is 0 Å². The Bertz CT molecular complexity index is 747. The van der Waals surface area contributed by atoms with Gasteiger partial charge in [-0.05, 0) is 36.0 Å². The molecule has 2 amide bonds. The Balaban J connectivity index is 1.70. The lowest BCUT2D eigenvalue weighted by molar-refractivity contribution is -0.122. The fourth-order valence-corrected chi connectivity index (χ4v) is 3.77. The van der Waals surface area contributed by atoms with E-state index in [2.05, 4.69) is 14.9 Å². The molecule has 1 aromatic heterocycles. The maximum absolute atomic E-state index is 12.8. The van der Waals surface area contributed by atoms with Crippen LogP contribution in [0.5, 0.6) is 0 Å². The maximum Gasteiger partial charge on any atom is 0.276 e. The lowest BCUT2D eigenvalue weighted by Gasteiger charge is -2.26. The number of rotatable bonds is 6. The van der Waals surface area contributed by atoms with Crippen molar-refractivity contribution in [3.63, 3.8) is 0 Å². The summed E-state index contributed by atoms with van der Waals surface area (Å²) in [7, 11) is 0. The van der Waals surface area contributed by atoms with E-state index in [1.54, 1.807) is 11.4 Å². The molecule has 0 spiro atoms. The first kappa shape index (κ1) is 18.8. The Morgan fingerprint density at radius 1 is 1.23 bits per heavy atom. The molecule has 0 radical (unpaired) electrons. The Labute approximate surface area is 161 Å². The Kier molecular flexibility index (Phi) is 6.57. The van der Waals surface area contributed by atoms with E-state index < -0.39 is 0 Å². The molecule has 2 aromatic rings. The lowest BCUT2D eigenvalue weighted by Crippen LogP contribution is -2.44. The second-order valence-corrected chi connectivity index (χ2v) is 7.46. The molecule has 1 aliphatic rings.